The number of aromatic nitrogens is 2. The molecule has 1 N–H and O–H groups in total. The van der Waals surface area contributed by atoms with Crippen LogP contribution in [-0.4, -0.2) is 30.7 Å². The molecule has 2 aromatic rings. The fourth-order valence-electron chi connectivity index (χ4n) is 2.80. The van der Waals surface area contributed by atoms with Gasteiger partial charge in [-0.05, 0) is 31.0 Å². The van der Waals surface area contributed by atoms with Crippen molar-refractivity contribution in [3.05, 3.63) is 46.4 Å². The minimum atomic E-state index is -3.17. The highest BCUT2D eigenvalue weighted by Gasteiger charge is 2.28. The molecule has 0 atom stereocenters. The molecule has 1 aromatic carbocycles. The first-order valence-electron chi connectivity index (χ1n) is 8.27. The molecule has 3 rings (SSSR count). The van der Waals surface area contributed by atoms with Crippen molar-refractivity contribution in [2.75, 3.05) is 21.9 Å². The smallest absolute Gasteiger partial charge is 0.235 e. The lowest BCUT2D eigenvalue weighted by molar-refractivity contribution is 0.599. The number of aryl methyl sites for hydroxylation is 1. The number of nitrogens with one attached hydrogen (secondary N) is 1. The van der Waals surface area contributed by atoms with Crippen molar-refractivity contribution in [2.24, 2.45) is 0 Å². The third-order valence-corrected chi connectivity index (χ3v) is 6.44. The van der Waals surface area contributed by atoms with E-state index >= 15 is 0 Å². The molecule has 6 nitrogen and oxygen atoms in total. The average molecular weight is 381 g/mol. The van der Waals surface area contributed by atoms with Gasteiger partial charge < -0.3 is 5.32 Å². The lowest BCUT2D eigenvalue weighted by Gasteiger charge is -2.18. The average Bonchev–Trinajstić information content (AvgIpc) is 2.95. The number of hydrogen-bond acceptors (Lipinski definition) is 5. The zero-order valence-electron chi connectivity index (χ0n) is 14.3. The maximum absolute atomic E-state index is 12.1. The van der Waals surface area contributed by atoms with Crippen LogP contribution in [0.4, 0.5) is 11.5 Å². The number of rotatable bonds is 5. The Morgan fingerprint density at radius 3 is 2.80 bits per heavy atom. The van der Waals surface area contributed by atoms with Gasteiger partial charge in [0, 0.05) is 25.1 Å². The summed E-state index contributed by atoms with van der Waals surface area (Å²) in [6.45, 7) is 4.92. The first-order chi connectivity index (χ1) is 11.9. The second-order valence-corrected chi connectivity index (χ2v) is 8.39. The summed E-state index contributed by atoms with van der Waals surface area (Å²) in [4.78, 5) is 8.71. The van der Waals surface area contributed by atoms with Gasteiger partial charge in [0.2, 0.25) is 10.0 Å². The minimum Gasteiger partial charge on any atom is -0.366 e. The highest BCUT2D eigenvalue weighted by Crippen LogP contribution is 2.25. The molecule has 0 amide bonds. The van der Waals surface area contributed by atoms with E-state index in [1.54, 1.807) is 0 Å². The fourth-order valence-corrected chi connectivity index (χ4v) is 4.54. The lowest BCUT2D eigenvalue weighted by Crippen LogP contribution is -2.25. The third-order valence-electron chi connectivity index (χ3n) is 4.21. The monoisotopic (exact) mass is 380 g/mol. The quantitative estimate of drug-likeness (QED) is 0.806. The normalized spacial score (nSPS) is 16.2. The summed E-state index contributed by atoms with van der Waals surface area (Å²) in [5.74, 6) is 1.61. The Morgan fingerprint density at radius 1 is 1.32 bits per heavy atom. The van der Waals surface area contributed by atoms with Gasteiger partial charge in [-0.1, -0.05) is 30.7 Å². The van der Waals surface area contributed by atoms with Crippen LogP contribution in [0, 0.1) is 6.92 Å². The van der Waals surface area contributed by atoms with E-state index in [4.69, 9.17) is 11.6 Å². The van der Waals surface area contributed by atoms with Crippen LogP contribution in [-0.2, 0) is 23.0 Å². The van der Waals surface area contributed by atoms with Crippen molar-refractivity contribution in [1.29, 1.82) is 0 Å². The Kier molecular flexibility index (Phi) is 5.15. The van der Waals surface area contributed by atoms with E-state index in [2.05, 4.69) is 15.3 Å². The molecule has 1 fully saturated rings. The molecular formula is C17H21ClN4O2S. The van der Waals surface area contributed by atoms with Crippen molar-refractivity contribution in [2.45, 2.75) is 33.2 Å². The largest absolute Gasteiger partial charge is 0.366 e. The fraction of sp³-hybridized carbons (Fsp3) is 0.412. The van der Waals surface area contributed by atoms with Crippen LogP contribution in [0.2, 0.25) is 5.15 Å². The molecule has 8 heteroatoms. The number of hydrogen-bond donors (Lipinski definition) is 1. The van der Waals surface area contributed by atoms with E-state index in [0.717, 1.165) is 11.1 Å². The Labute approximate surface area is 153 Å². The molecule has 0 spiro atoms. The molecule has 1 saturated heterocycles. The van der Waals surface area contributed by atoms with Crippen LogP contribution in [0.5, 0.6) is 0 Å². The number of benzene rings is 1. The summed E-state index contributed by atoms with van der Waals surface area (Å²) in [5, 5.41) is 3.73. The summed E-state index contributed by atoms with van der Waals surface area (Å²) in [6.07, 6.45) is 1.38. The second kappa shape index (κ2) is 7.17. The minimum absolute atomic E-state index is 0.216. The molecule has 1 aliphatic rings. The van der Waals surface area contributed by atoms with Gasteiger partial charge >= 0.3 is 0 Å². The van der Waals surface area contributed by atoms with Crippen LogP contribution in [0.15, 0.2) is 24.3 Å². The Hall–Kier alpha value is -1.86. The van der Waals surface area contributed by atoms with Gasteiger partial charge in [0.15, 0.2) is 0 Å². The SMILES string of the molecule is CCc1nc(Cl)c(C)c(NCc2cccc(N3CCCS3(=O)=O)c2)n1. The Morgan fingerprint density at radius 2 is 2.12 bits per heavy atom. The van der Waals surface area contributed by atoms with Crippen molar-refractivity contribution < 1.29 is 8.42 Å². The molecule has 0 unspecified atom stereocenters. The standard InChI is InChI=1S/C17H21ClN4O2S/c1-3-15-20-16(18)12(2)17(21-15)19-11-13-6-4-7-14(10-13)22-8-5-9-25(22,23)24/h4,6-7,10H,3,5,8-9,11H2,1-2H3,(H,19,20,21). The van der Waals surface area contributed by atoms with Crippen LogP contribution < -0.4 is 9.62 Å². The molecule has 134 valence electrons. The molecule has 25 heavy (non-hydrogen) atoms. The molecule has 0 aliphatic carbocycles. The highest BCUT2D eigenvalue weighted by molar-refractivity contribution is 7.93. The van der Waals surface area contributed by atoms with Crippen LogP contribution >= 0.6 is 11.6 Å². The molecule has 1 aromatic heterocycles. The maximum Gasteiger partial charge on any atom is 0.235 e. The molecule has 0 bridgehead atoms. The first-order valence-corrected chi connectivity index (χ1v) is 10.3. The number of nitrogens with zero attached hydrogens (tertiary/aromatic N) is 3. The Balaban J connectivity index is 1.79. The highest BCUT2D eigenvalue weighted by atomic mass is 35.5. The van der Waals surface area contributed by atoms with E-state index in [1.807, 2.05) is 38.1 Å². The van der Waals surface area contributed by atoms with Gasteiger partial charge in [-0.25, -0.2) is 18.4 Å². The predicted octanol–water partition coefficient (Wildman–Crippen LogP) is 3.15. The number of sulfonamides is 1. The summed E-state index contributed by atoms with van der Waals surface area (Å²) < 4.78 is 25.7. The van der Waals surface area contributed by atoms with Crippen LogP contribution in [0.25, 0.3) is 0 Å². The van der Waals surface area contributed by atoms with Gasteiger partial charge in [0.05, 0.1) is 11.4 Å². The molecule has 1 aliphatic heterocycles. The third kappa shape index (κ3) is 3.88. The zero-order chi connectivity index (χ0) is 18.0. The van der Waals surface area contributed by atoms with E-state index in [9.17, 15) is 8.42 Å². The van der Waals surface area contributed by atoms with Crippen molar-refractivity contribution >= 4 is 33.1 Å². The van der Waals surface area contributed by atoms with Crippen molar-refractivity contribution in [1.82, 2.24) is 9.97 Å². The van der Waals surface area contributed by atoms with Crippen LogP contribution in [0.1, 0.15) is 30.3 Å². The number of halogens is 1. The predicted molar refractivity (Wildman–Crippen MR) is 101 cm³/mol. The van der Waals surface area contributed by atoms with E-state index in [0.29, 0.717) is 48.4 Å². The molecular weight excluding hydrogens is 360 g/mol. The first kappa shape index (κ1) is 17.9. The van der Waals surface area contributed by atoms with Crippen LogP contribution in [0.3, 0.4) is 0 Å². The van der Waals surface area contributed by atoms with Crippen molar-refractivity contribution in [3.8, 4) is 0 Å². The lowest BCUT2D eigenvalue weighted by atomic mass is 10.2. The van der Waals surface area contributed by atoms with Gasteiger partial charge in [0.1, 0.15) is 16.8 Å². The van der Waals surface area contributed by atoms with E-state index in [1.165, 1.54) is 4.31 Å². The summed E-state index contributed by atoms with van der Waals surface area (Å²) in [5.41, 5.74) is 2.49. The van der Waals surface area contributed by atoms with Gasteiger partial charge in [-0.3, -0.25) is 4.31 Å². The topological polar surface area (TPSA) is 75.2 Å². The van der Waals surface area contributed by atoms with Gasteiger partial charge in [0.25, 0.3) is 0 Å². The molecule has 0 saturated carbocycles. The molecule has 2 heterocycles. The van der Waals surface area contributed by atoms with E-state index < -0.39 is 10.0 Å². The van der Waals surface area contributed by atoms with Gasteiger partial charge in [-0.2, -0.15) is 0 Å². The second-order valence-electron chi connectivity index (χ2n) is 6.02. The number of anilines is 2. The van der Waals surface area contributed by atoms with Crippen molar-refractivity contribution in [3.63, 3.8) is 0 Å². The Bertz CT molecular complexity index is 886. The van der Waals surface area contributed by atoms with E-state index in [-0.39, 0.29) is 5.75 Å². The summed E-state index contributed by atoms with van der Waals surface area (Å²) in [7, 11) is -3.17. The zero-order valence-corrected chi connectivity index (χ0v) is 15.9. The summed E-state index contributed by atoms with van der Waals surface area (Å²) >= 11 is 6.16. The molecule has 0 radical (unpaired) electrons. The maximum atomic E-state index is 12.1. The van der Waals surface area contributed by atoms with Gasteiger partial charge in [-0.15, -0.1) is 0 Å². The summed E-state index contributed by atoms with van der Waals surface area (Å²) in [6, 6.07) is 7.55.